The molecule has 1 amide bonds. The Morgan fingerprint density at radius 1 is 1.06 bits per heavy atom. The maximum atomic E-state index is 13.4. The van der Waals surface area contributed by atoms with Crippen molar-refractivity contribution < 1.29 is 4.79 Å². The van der Waals surface area contributed by atoms with Crippen LogP contribution >= 0.6 is 24.0 Å². The lowest BCUT2D eigenvalue weighted by Crippen LogP contribution is -2.48. The van der Waals surface area contributed by atoms with Gasteiger partial charge in [-0.05, 0) is 43.5 Å². The van der Waals surface area contributed by atoms with Gasteiger partial charge < -0.3 is 9.80 Å². The summed E-state index contributed by atoms with van der Waals surface area (Å²) in [5, 5.41) is 9.75. The number of para-hydroxylation sites is 1. The zero-order valence-electron chi connectivity index (χ0n) is 20.6. The monoisotopic (exact) mass is 519 g/mol. The predicted molar refractivity (Wildman–Crippen MR) is 149 cm³/mol. The van der Waals surface area contributed by atoms with Gasteiger partial charge in [-0.1, -0.05) is 55.0 Å². The molecule has 36 heavy (non-hydrogen) atoms. The maximum absolute atomic E-state index is 13.4. The topological polar surface area (TPSA) is 72.6 Å². The van der Waals surface area contributed by atoms with Crippen molar-refractivity contribution in [3.05, 3.63) is 62.3 Å². The van der Waals surface area contributed by atoms with Crippen LogP contribution in [-0.4, -0.2) is 51.9 Å². The fraction of sp³-hybridized carbons (Fsp3) is 0.407. The lowest BCUT2D eigenvalue weighted by molar-refractivity contribution is -0.123. The van der Waals surface area contributed by atoms with Crippen LogP contribution in [-0.2, 0) is 11.8 Å². The van der Waals surface area contributed by atoms with Gasteiger partial charge in [-0.2, -0.15) is 5.26 Å². The Hall–Kier alpha value is -3.09. The van der Waals surface area contributed by atoms with Gasteiger partial charge in [0.15, 0.2) is 0 Å². The zero-order chi connectivity index (χ0) is 25.4. The van der Waals surface area contributed by atoms with Gasteiger partial charge in [0.2, 0.25) is 0 Å². The first-order chi connectivity index (χ1) is 17.4. The van der Waals surface area contributed by atoms with Crippen molar-refractivity contribution >= 4 is 51.8 Å². The van der Waals surface area contributed by atoms with Gasteiger partial charge in [-0.3, -0.25) is 19.1 Å². The van der Waals surface area contributed by atoms with E-state index in [9.17, 15) is 14.9 Å². The Bertz CT molecular complexity index is 1330. The molecule has 2 aliphatic heterocycles. The SMILES string of the molecule is Cc1c(C=C2SC(=S)N(C3CCCC3)C2=O)c(N2CCN(c3ccccc3)CC2)n(C)c(=O)c1C#N. The Kier molecular flexibility index (Phi) is 6.91. The van der Waals surface area contributed by atoms with Crippen LogP contribution in [0.3, 0.4) is 0 Å². The predicted octanol–water partition coefficient (Wildman–Crippen LogP) is 4.04. The van der Waals surface area contributed by atoms with E-state index in [2.05, 4.69) is 28.0 Å². The second-order valence-corrected chi connectivity index (χ2v) is 11.2. The molecule has 1 saturated carbocycles. The van der Waals surface area contributed by atoms with Crippen LogP contribution in [0.1, 0.15) is 42.4 Å². The summed E-state index contributed by atoms with van der Waals surface area (Å²) in [4.78, 5) is 33.3. The summed E-state index contributed by atoms with van der Waals surface area (Å²) >= 11 is 6.92. The fourth-order valence-corrected chi connectivity index (χ4v) is 6.88. The number of anilines is 2. The average Bonchev–Trinajstić information content (AvgIpc) is 3.51. The van der Waals surface area contributed by atoms with Crippen molar-refractivity contribution in [1.82, 2.24) is 9.47 Å². The number of piperazine rings is 1. The summed E-state index contributed by atoms with van der Waals surface area (Å²) < 4.78 is 2.16. The minimum absolute atomic E-state index is 0.0662. The van der Waals surface area contributed by atoms with Crippen molar-refractivity contribution in [3.8, 4) is 6.07 Å². The van der Waals surface area contributed by atoms with Crippen LogP contribution in [0.4, 0.5) is 11.5 Å². The van der Waals surface area contributed by atoms with Crippen molar-refractivity contribution in [1.29, 1.82) is 5.26 Å². The van der Waals surface area contributed by atoms with Gasteiger partial charge in [0, 0.05) is 50.5 Å². The third kappa shape index (κ3) is 4.33. The van der Waals surface area contributed by atoms with E-state index in [4.69, 9.17) is 12.2 Å². The Balaban J connectivity index is 1.52. The largest absolute Gasteiger partial charge is 0.368 e. The average molecular weight is 520 g/mol. The van der Waals surface area contributed by atoms with Gasteiger partial charge in [0.25, 0.3) is 11.5 Å². The summed E-state index contributed by atoms with van der Waals surface area (Å²) in [6.07, 6.45) is 6.04. The summed E-state index contributed by atoms with van der Waals surface area (Å²) in [6.45, 7) is 4.85. The molecule has 186 valence electrons. The molecule has 2 aromatic rings. The summed E-state index contributed by atoms with van der Waals surface area (Å²) in [7, 11) is 1.71. The van der Waals surface area contributed by atoms with E-state index in [1.807, 2.05) is 24.3 Å². The number of nitrogens with zero attached hydrogens (tertiary/aromatic N) is 5. The van der Waals surface area contributed by atoms with Crippen molar-refractivity contribution in [2.75, 3.05) is 36.0 Å². The van der Waals surface area contributed by atoms with Crippen LogP contribution in [0.25, 0.3) is 6.08 Å². The van der Waals surface area contributed by atoms with Crippen LogP contribution < -0.4 is 15.4 Å². The van der Waals surface area contributed by atoms with Crippen LogP contribution in [0.15, 0.2) is 40.0 Å². The molecule has 7 nitrogen and oxygen atoms in total. The van der Waals surface area contributed by atoms with E-state index in [0.717, 1.165) is 63.2 Å². The number of carbonyl (C=O) groups excluding carboxylic acids is 1. The molecule has 2 saturated heterocycles. The molecule has 0 bridgehead atoms. The molecule has 0 radical (unpaired) electrons. The fourth-order valence-electron chi connectivity index (χ4n) is 5.50. The Labute approximate surface area is 221 Å². The summed E-state index contributed by atoms with van der Waals surface area (Å²) in [6, 6.07) is 12.6. The summed E-state index contributed by atoms with van der Waals surface area (Å²) in [5.41, 5.74) is 2.33. The number of hydrogen-bond donors (Lipinski definition) is 0. The number of thiocarbonyl (C=S) groups is 1. The molecule has 1 aromatic carbocycles. The minimum atomic E-state index is -0.314. The number of hydrogen-bond acceptors (Lipinski definition) is 7. The van der Waals surface area contributed by atoms with Gasteiger partial charge in [-0.25, -0.2) is 0 Å². The molecule has 1 aromatic heterocycles. The van der Waals surface area contributed by atoms with Gasteiger partial charge >= 0.3 is 0 Å². The van der Waals surface area contributed by atoms with E-state index >= 15 is 0 Å². The highest BCUT2D eigenvalue weighted by atomic mass is 32.2. The maximum Gasteiger partial charge on any atom is 0.270 e. The molecule has 5 rings (SSSR count). The van der Waals surface area contributed by atoms with Crippen LogP contribution in [0.5, 0.6) is 0 Å². The highest BCUT2D eigenvalue weighted by Gasteiger charge is 2.38. The Morgan fingerprint density at radius 2 is 1.69 bits per heavy atom. The van der Waals surface area contributed by atoms with E-state index in [0.29, 0.717) is 14.8 Å². The normalized spacial score (nSPS) is 20.0. The lowest BCUT2D eigenvalue weighted by atomic mass is 10.0. The number of benzene rings is 1. The second kappa shape index (κ2) is 10.1. The number of rotatable bonds is 4. The first-order valence-electron chi connectivity index (χ1n) is 12.4. The molecule has 1 aliphatic carbocycles. The molecule has 3 fully saturated rings. The number of nitriles is 1. The lowest BCUT2D eigenvalue weighted by Gasteiger charge is -2.38. The van der Waals surface area contributed by atoms with E-state index in [-0.39, 0.29) is 23.1 Å². The van der Waals surface area contributed by atoms with E-state index < -0.39 is 0 Å². The number of carbonyl (C=O) groups is 1. The summed E-state index contributed by atoms with van der Waals surface area (Å²) in [5.74, 6) is 0.679. The molecular formula is C27H29N5O2S2. The number of thioether (sulfide) groups is 1. The number of amides is 1. The van der Waals surface area contributed by atoms with Gasteiger partial charge in [0.05, 0.1) is 4.91 Å². The van der Waals surface area contributed by atoms with Crippen molar-refractivity contribution in [2.45, 2.75) is 38.6 Å². The molecule has 3 heterocycles. The Morgan fingerprint density at radius 3 is 2.33 bits per heavy atom. The molecule has 0 atom stereocenters. The highest BCUT2D eigenvalue weighted by Crippen LogP contribution is 2.39. The van der Waals surface area contributed by atoms with Crippen molar-refractivity contribution in [3.63, 3.8) is 0 Å². The van der Waals surface area contributed by atoms with Crippen molar-refractivity contribution in [2.24, 2.45) is 7.05 Å². The second-order valence-electron chi connectivity index (χ2n) is 9.51. The molecule has 9 heteroatoms. The van der Waals surface area contributed by atoms with Gasteiger partial charge in [-0.15, -0.1) is 0 Å². The van der Waals surface area contributed by atoms with E-state index in [1.54, 1.807) is 23.4 Å². The molecule has 3 aliphatic rings. The van der Waals surface area contributed by atoms with Gasteiger partial charge in [0.1, 0.15) is 21.8 Å². The first-order valence-corrected chi connectivity index (χ1v) is 13.6. The molecule has 0 spiro atoms. The van der Waals surface area contributed by atoms with E-state index in [1.165, 1.54) is 17.4 Å². The third-order valence-electron chi connectivity index (χ3n) is 7.46. The highest BCUT2D eigenvalue weighted by molar-refractivity contribution is 8.26. The third-order valence-corrected chi connectivity index (χ3v) is 8.79. The quantitative estimate of drug-likeness (QED) is 0.446. The number of aromatic nitrogens is 1. The van der Waals surface area contributed by atoms with Crippen LogP contribution in [0, 0.1) is 18.3 Å². The zero-order valence-corrected chi connectivity index (χ0v) is 22.2. The molecule has 0 unspecified atom stereocenters. The number of pyridine rings is 1. The molecule has 0 N–H and O–H groups in total. The first kappa shape index (κ1) is 24.6. The smallest absolute Gasteiger partial charge is 0.270 e. The van der Waals surface area contributed by atoms with Crippen LogP contribution in [0.2, 0.25) is 0 Å². The molecular weight excluding hydrogens is 490 g/mol. The standard InChI is InChI=1S/C27H29N5O2S2/c1-18-21(16-23-26(34)32(27(35)36-23)20-10-6-7-11-20)24(29(2)25(33)22(18)17-28)31-14-12-30(13-15-31)19-8-4-3-5-9-19/h3-5,8-9,16,20H,6-7,10-15H2,1-2H3. The minimum Gasteiger partial charge on any atom is -0.368 e.